The largest absolute Gasteiger partial charge is 0.497 e. The molecule has 0 fully saturated rings. The second-order valence-electron chi connectivity index (χ2n) is 6.02. The number of ether oxygens (including phenoxy) is 1. The third-order valence-electron chi connectivity index (χ3n) is 4.41. The summed E-state index contributed by atoms with van der Waals surface area (Å²) < 4.78 is 32.9. The van der Waals surface area contributed by atoms with Gasteiger partial charge in [0.1, 0.15) is 5.75 Å². The number of hydrogen-bond donors (Lipinski definition) is 1. The number of benzene rings is 1. The molecule has 1 unspecified atom stereocenters. The number of sulfonamides is 1. The summed E-state index contributed by atoms with van der Waals surface area (Å²) in [5.74, 6) is 0.808. The quantitative estimate of drug-likeness (QED) is 0.633. The van der Waals surface area contributed by atoms with Gasteiger partial charge in [0, 0.05) is 11.4 Å². The second kappa shape index (κ2) is 10.1. The fraction of sp³-hybridized carbons (Fsp3) is 0.474. The van der Waals surface area contributed by atoms with Gasteiger partial charge in [-0.25, -0.2) is 13.1 Å². The molecule has 2 aromatic rings. The summed E-state index contributed by atoms with van der Waals surface area (Å²) in [6, 6.07) is 11.7. The predicted octanol–water partition coefficient (Wildman–Crippen LogP) is 3.30. The van der Waals surface area contributed by atoms with Gasteiger partial charge in [-0.1, -0.05) is 32.0 Å². The first kappa shape index (κ1) is 20.9. The van der Waals surface area contributed by atoms with E-state index < -0.39 is 10.0 Å². The van der Waals surface area contributed by atoms with Gasteiger partial charge < -0.3 is 4.74 Å². The molecule has 0 amide bonds. The van der Waals surface area contributed by atoms with E-state index in [0.717, 1.165) is 24.4 Å². The van der Waals surface area contributed by atoms with Crippen molar-refractivity contribution in [3.8, 4) is 5.75 Å². The Balaban J connectivity index is 1.98. The summed E-state index contributed by atoms with van der Waals surface area (Å²) in [5.41, 5.74) is 0.952. The van der Waals surface area contributed by atoms with Gasteiger partial charge in [-0.2, -0.15) is 0 Å². The molecule has 1 atom stereocenters. The fourth-order valence-electron chi connectivity index (χ4n) is 2.91. The summed E-state index contributed by atoms with van der Waals surface area (Å²) >= 11 is 1.66. The number of nitrogens with one attached hydrogen (secondary N) is 1. The van der Waals surface area contributed by atoms with Crippen molar-refractivity contribution in [1.29, 1.82) is 0 Å². The van der Waals surface area contributed by atoms with E-state index >= 15 is 0 Å². The molecule has 1 heterocycles. The third-order valence-corrected chi connectivity index (χ3v) is 6.74. The summed E-state index contributed by atoms with van der Waals surface area (Å²) in [6.45, 7) is 6.35. The molecule has 0 spiro atoms. The van der Waals surface area contributed by atoms with E-state index in [0.29, 0.717) is 13.0 Å². The topological polar surface area (TPSA) is 58.6 Å². The van der Waals surface area contributed by atoms with Crippen LogP contribution in [-0.2, 0) is 16.4 Å². The minimum Gasteiger partial charge on any atom is -0.497 e. The SMILES string of the molecule is CCN(CC)C(CNS(=O)(=O)CCc1cccc(OC)c1)c1cccs1. The van der Waals surface area contributed by atoms with Gasteiger partial charge >= 0.3 is 0 Å². The van der Waals surface area contributed by atoms with Gasteiger partial charge in [0.2, 0.25) is 10.0 Å². The van der Waals surface area contributed by atoms with E-state index in [4.69, 9.17) is 4.74 Å². The molecule has 1 aromatic carbocycles. The molecule has 1 aromatic heterocycles. The predicted molar refractivity (Wildman–Crippen MR) is 108 cm³/mol. The first-order valence-corrected chi connectivity index (χ1v) is 11.4. The first-order valence-electron chi connectivity index (χ1n) is 8.86. The van der Waals surface area contributed by atoms with Gasteiger partial charge in [-0.15, -0.1) is 11.3 Å². The fourth-order valence-corrected chi connectivity index (χ4v) is 4.83. The van der Waals surface area contributed by atoms with Crippen molar-refractivity contribution in [3.05, 3.63) is 52.2 Å². The van der Waals surface area contributed by atoms with Crippen LogP contribution < -0.4 is 9.46 Å². The van der Waals surface area contributed by atoms with Crippen molar-refractivity contribution in [2.24, 2.45) is 0 Å². The lowest BCUT2D eigenvalue weighted by Gasteiger charge is -2.29. The van der Waals surface area contributed by atoms with E-state index in [2.05, 4.69) is 29.5 Å². The van der Waals surface area contributed by atoms with Gasteiger partial charge in [-0.3, -0.25) is 4.90 Å². The zero-order chi connectivity index (χ0) is 19.0. The van der Waals surface area contributed by atoms with Crippen LogP contribution in [0.25, 0.3) is 0 Å². The van der Waals surface area contributed by atoms with Crippen LogP contribution in [0.3, 0.4) is 0 Å². The Kier molecular flexibility index (Phi) is 8.09. The highest BCUT2D eigenvalue weighted by atomic mass is 32.2. The highest BCUT2D eigenvalue weighted by Crippen LogP contribution is 2.24. The number of hydrogen-bond acceptors (Lipinski definition) is 5. The molecule has 0 aliphatic carbocycles. The second-order valence-corrected chi connectivity index (χ2v) is 8.93. The molecule has 144 valence electrons. The van der Waals surface area contributed by atoms with Crippen LogP contribution in [0.4, 0.5) is 0 Å². The van der Waals surface area contributed by atoms with Crippen LogP contribution in [0.1, 0.15) is 30.3 Å². The van der Waals surface area contributed by atoms with Crippen LogP contribution in [-0.4, -0.2) is 45.8 Å². The van der Waals surface area contributed by atoms with Gasteiger partial charge in [0.15, 0.2) is 0 Å². The Morgan fingerprint density at radius 3 is 2.58 bits per heavy atom. The molecule has 0 aliphatic heterocycles. The lowest BCUT2D eigenvalue weighted by atomic mass is 10.2. The molecule has 0 saturated carbocycles. The minimum atomic E-state index is -3.35. The molecule has 1 N–H and O–H groups in total. The highest BCUT2D eigenvalue weighted by molar-refractivity contribution is 7.89. The van der Waals surface area contributed by atoms with Crippen LogP contribution in [0.15, 0.2) is 41.8 Å². The summed E-state index contributed by atoms with van der Waals surface area (Å²) in [5, 5.41) is 2.03. The van der Waals surface area contributed by atoms with Crippen LogP contribution in [0.2, 0.25) is 0 Å². The maximum atomic E-state index is 12.5. The van der Waals surface area contributed by atoms with Crippen molar-refractivity contribution in [3.63, 3.8) is 0 Å². The average molecular weight is 397 g/mol. The normalized spacial score (nSPS) is 13.1. The Morgan fingerprint density at radius 1 is 1.19 bits per heavy atom. The highest BCUT2D eigenvalue weighted by Gasteiger charge is 2.21. The smallest absolute Gasteiger partial charge is 0.211 e. The van der Waals surface area contributed by atoms with Gasteiger partial charge in [0.25, 0.3) is 0 Å². The van der Waals surface area contributed by atoms with Crippen molar-refractivity contribution in [1.82, 2.24) is 9.62 Å². The molecule has 7 heteroatoms. The number of likely N-dealkylation sites (N-methyl/N-ethyl adjacent to an activating group) is 1. The van der Waals surface area contributed by atoms with Crippen molar-refractivity contribution >= 4 is 21.4 Å². The lowest BCUT2D eigenvalue weighted by Crippen LogP contribution is -2.38. The molecule has 0 aliphatic rings. The van der Waals surface area contributed by atoms with Crippen molar-refractivity contribution in [2.75, 3.05) is 32.5 Å². The zero-order valence-electron chi connectivity index (χ0n) is 15.6. The van der Waals surface area contributed by atoms with E-state index in [1.54, 1.807) is 18.4 Å². The monoisotopic (exact) mass is 396 g/mol. The zero-order valence-corrected chi connectivity index (χ0v) is 17.3. The Labute approximate surface area is 161 Å². The summed E-state index contributed by atoms with van der Waals surface area (Å²) in [4.78, 5) is 3.46. The van der Waals surface area contributed by atoms with E-state index in [9.17, 15) is 8.42 Å². The Morgan fingerprint density at radius 2 is 1.96 bits per heavy atom. The number of methoxy groups -OCH3 is 1. The average Bonchev–Trinajstić information content (AvgIpc) is 3.18. The third kappa shape index (κ3) is 6.09. The van der Waals surface area contributed by atoms with Crippen molar-refractivity contribution < 1.29 is 13.2 Å². The van der Waals surface area contributed by atoms with Crippen LogP contribution in [0.5, 0.6) is 5.75 Å². The maximum absolute atomic E-state index is 12.5. The summed E-state index contributed by atoms with van der Waals surface area (Å²) in [6.07, 6.45) is 0.460. The number of rotatable bonds is 11. The molecular formula is C19H28N2O3S2. The van der Waals surface area contributed by atoms with Crippen molar-refractivity contribution in [2.45, 2.75) is 26.3 Å². The lowest BCUT2D eigenvalue weighted by molar-refractivity contribution is 0.223. The number of thiophene rings is 1. The van der Waals surface area contributed by atoms with E-state index in [-0.39, 0.29) is 11.8 Å². The summed E-state index contributed by atoms with van der Waals surface area (Å²) in [7, 11) is -1.74. The van der Waals surface area contributed by atoms with Gasteiger partial charge in [0.05, 0.1) is 18.9 Å². The molecule has 0 radical (unpaired) electrons. The molecular weight excluding hydrogens is 368 g/mol. The number of aryl methyl sites for hydroxylation is 1. The Hall–Kier alpha value is -1.41. The molecule has 5 nitrogen and oxygen atoms in total. The maximum Gasteiger partial charge on any atom is 0.211 e. The van der Waals surface area contributed by atoms with Crippen LogP contribution in [0, 0.1) is 0 Å². The molecule has 0 bridgehead atoms. The van der Waals surface area contributed by atoms with Gasteiger partial charge in [-0.05, 0) is 48.7 Å². The number of nitrogens with zero attached hydrogens (tertiary/aromatic N) is 1. The van der Waals surface area contributed by atoms with Crippen LogP contribution >= 0.6 is 11.3 Å². The standard InChI is InChI=1S/C19H28N2O3S2/c1-4-21(5-2)18(19-10-7-12-25-19)15-20-26(22,23)13-11-16-8-6-9-17(14-16)24-3/h6-10,12,14,18,20H,4-5,11,13,15H2,1-3H3. The molecule has 0 saturated heterocycles. The molecule has 26 heavy (non-hydrogen) atoms. The minimum absolute atomic E-state index is 0.0651. The van der Waals surface area contributed by atoms with E-state index in [1.165, 1.54) is 4.88 Å². The molecule has 2 rings (SSSR count). The Bertz CT molecular complexity index is 757. The first-order chi connectivity index (χ1) is 12.5. The van der Waals surface area contributed by atoms with E-state index in [1.807, 2.05) is 35.7 Å².